The Morgan fingerprint density at radius 3 is 2.74 bits per heavy atom. The van der Waals surface area contributed by atoms with E-state index in [0.717, 1.165) is 35.7 Å². The minimum Gasteiger partial charge on any atom is -0.481 e. The summed E-state index contributed by atoms with van der Waals surface area (Å²) < 4.78 is 0. The Morgan fingerprint density at radius 2 is 2.09 bits per heavy atom. The highest BCUT2D eigenvalue weighted by Gasteiger charge is 2.59. The highest BCUT2D eigenvalue weighted by atomic mass is 16.4. The number of likely N-dealkylation sites (tertiary alicyclic amines) is 1. The van der Waals surface area contributed by atoms with E-state index in [1.807, 2.05) is 24.0 Å². The van der Waals surface area contributed by atoms with Gasteiger partial charge in [0.2, 0.25) is 0 Å². The first-order valence-corrected chi connectivity index (χ1v) is 7.96. The molecule has 0 bridgehead atoms. The molecule has 120 valence electrons. The van der Waals surface area contributed by atoms with Gasteiger partial charge in [0.25, 0.3) is 5.91 Å². The highest BCUT2D eigenvalue weighted by molar-refractivity contribution is 6.05. The van der Waals surface area contributed by atoms with Gasteiger partial charge in [-0.05, 0) is 49.3 Å². The van der Waals surface area contributed by atoms with E-state index in [0.29, 0.717) is 18.7 Å². The van der Waals surface area contributed by atoms with Crippen LogP contribution in [-0.2, 0) is 4.79 Å². The molecular weight excluding hydrogens is 294 g/mol. The van der Waals surface area contributed by atoms with Crippen molar-refractivity contribution in [1.82, 2.24) is 15.1 Å². The average Bonchev–Trinajstić information content (AvgIpc) is 3.02. The van der Waals surface area contributed by atoms with Gasteiger partial charge < -0.3 is 10.0 Å². The third kappa shape index (κ3) is 2.20. The number of hydrogen-bond donors (Lipinski definition) is 2. The maximum Gasteiger partial charge on any atom is 0.307 e. The zero-order chi connectivity index (χ0) is 16.2. The molecule has 6 heteroatoms. The molecule has 1 aromatic carbocycles. The molecular formula is C17H19N3O3. The molecule has 4 rings (SSSR count). The lowest BCUT2D eigenvalue weighted by Crippen LogP contribution is -2.40. The molecule has 1 unspecified atom stereocenters. The lowest BCUT2D eigenvalue weighted by atomic mass is 9.90. The molecule has 23 heavy (non-hydrogen) atoms. The molecule has 1 atom stereocenters. The average molecular weight is 313 g/mol. The van der Waals surface area contributed by atoms with Crippen molar-refractivity contribution in [3.63, 3.8) is 0 Å². The summed E-state index contributed by atoms with van der Waals surface area (Å²) in [6, 6.07) is 3.90. The van der Waals surface area contributed by atoms with Gasteiger partial charge >= 0.3 is 5.97 Å². The summed E-state index contributed by atoms with van der Waals surface area (Å²) in [5.41, 5.74) is 2.40. The Labute approximate surface area is 133 Å². The number of aliphatic carboxylic acids is 1. The maximum absolute atomic E-state index is 12.9. The largest absolute Gasteiger partial charge is 0.481 e. The van der Waals surface area contributed by atoms with Crippen LogP contribution >= 0.6 is 0 Å². The van der Waals surface area contributed by atoms with Crippen molar-refractivity contribution in [3.8, 4) is 0 Å². The SMILES string of the molecule is Cc1cc(C(=O)N2CCC3(CC2)CC3C(=O)O)c2[nH]ncc2c1. The number of H-pyrrole nitrogens is 1. The fourth-order valence-corrected chi connectivity index (χ4v) is 3.95. The Hall–Kier alpha value is -2.37. The van der Waals surface area contributed by atoms with Crippen molar-refractivity contribution < 1.29 is 14.7 Å². The van der Waals surface area contributed by atoms with Crippen molar-refractivity contribution in [2.75, 3.05) is 13.1 Å². The van der Waals surface area contributed by atoms with E-state index in [4.69, 9.17) is 5.11 Å². The van der Waals surface area contributed by atoms with Crippen LogP contribution in [0.15, 0.2) is 18.3 Å². The number of rotatable bonds is 2. The second kappa shape index (κ2) is 4.81. The molecule has 2 fully saturated rings. The van der Waals surface area contributed by atoms with Crippen molar-refractivity contribution >= 4 is 22.8 Å². The van der Waals surface area contributed by atoms with Crippen LogP contribution in [-0.4, -0.2) is 45.2 Å². The smallest absolute Gasteiger partial charge is 0.307 e. The first-order chi connectivity index (χ1) is 11.0. The second-order valence-electron chi connectivity index (χ2n) is 6.90. The molecule has 2 N–H and O–H groups in total. The summed E-state index contributed by atoms with van der Waals surface area (Å²) in [7, 11) is 0. The van der Waals surface area contributed by atoms with Crippen molar-refractivity contribution in [1.29, 1.82) is 0 Å². The van der Waals surface area contributed by atoms with E-state index in [-0.39, 0.29) is 17.2 Å². The number of amides is 1. The summed E-state index contributed by atoms with van der Waals surface area (Å²) >= 11 is 0. The zero-order valence-corrected chi connectivity index (χ0v) is 13.0. The molecule has 1 aliphatic heterocycles. The number of fused-ring (bicyclic) bond motifs is 1. The Kier molecular flexibility index (Phi) is 2.98. The molecule has 2 aliphatic rings. The van der Waals surface area contributed by atoms with Crippen LogP contribution in [0.1, 0.15) is 35.2 Å². The van der Waals surface area contributed by atoms with E-state index < -0.39 is 5.97 Å². The number of hydrogen-bond acceptors (Lipinski definition) is 3. The van der Waals surface area contributed by atoms with Gasteiger partial charge in [-0.15, -0.1) is 0 Å². The topological polar surface area (TPSA) is 86.3 Å². The summed E-state index contributed by atoms with van der Waals surface area (Å²) in [6.07, 6.45) is 4.06. The van der Waals surface area contributed by atoms with Crippen molar-refractivity contribution in [3.05, 3.63) is 29.5 Å². The van der Waals surface area contributed by atoms with Gasteiger partial charge in [0, 0.05) is 18.5 Å². The Balaban J connectivity index is 1.54. The minimum atomic E-state index is -0.692. The van der Waals surface area contributed by atoms with E-state index in [1.165, 1.54) is 0 Å². The van der Waals surface area contributed by atoms with E-state index >= 15 is 0 Å². The molecule has 2 heterocycles. The van der Waals surface area contributed by atoms with Crippen molar-refractivity contribution in [2.45, 2.75) is 26.2 Å². The summed E-state index contributed by atoms with van der Waals surface area (Å²) in [5.74, 6) is -0.897. The van der Waals surface area contributed by atoms with Gasteiger partial charge in [-0.25, -0.2) is 0 Å². The molecule has 1 saturated heterocycles. The summed E-state index contributed by atoms with van der Waals surface area (Å²) in [5, 5.41) is 17.0. The normalized spacial score (nSPS) is 22.5. The molecule has 1 aromatic heterocycles. The Morgan fingerprint density at radius 1 is 1.35 bits per heavy atom. The number of nitrogens with zero attached hydrogens (tertiary/aromatic N) is 2. The molecule has 1 aliphatic carbocycles. The number of carbonyl (C=O) groups is 2. The zero-order valence-electron chi connectivity index (χ0n) is 13.0. The number of aromatic amines is 1. The van der Waals surface area contributed by atoms with E-state index in [9.17, 15) is 9.59 Å². The van der Waals surface area contributed by atoms with Gasteiger partial charge in [-0.2, -0.15) is 5.10 Å². The number of carboxylic acid groups (broad SMARTS) is 1. The van der Waals surface area contributed by atoms with E-state index in [2.05, 4.69) is 10.2 Å². The summed E-state index contributed by atoms with van der Waals surface area (Å²) in [6.45, 7) is 3.23. The van der Waals surface area contributed by atoms with Gasteiger partial charge in [0.05, 0.1) is 23.2 Å². The number of benzene rings is 1. The summed E-state index contributed by atoms with van der Waals surface area (Å²) in [4.78, 5) is 25.9. The maximum atomic E-state index is 12.9. The molecule has 1 amide bonds. The number of aromatic nitrogens is 2. The molecule has 0 radical (unpaired) electrons. The standard InChI is InChI=1S/C17H19N3O3/c1-10-6-11-9-18-19-14(11)12(7-10)15(21)20-4-2-17(3-5-20)8-13(17)16(22)23/h6-7,9,13H,2-5,8H2,1H3,(H,18,19)(H,22,23). The molecule has 6 nitrogen and oxygen atoms in total. The first kappa shape index (κ1) is 14.2. The quantitative estimate of drug-likeness (QED) is 0.890. The van der Waals surface area contributed by atoms with E-state index in [1.54, 1.807) is 6.20 Å². The van der Waals surface area contributed by atoms with Gasteiger partial charge in [0.15, 0.2) is 0 Å². The first-order valence-electron chi connectivity index (χ1n) is 7.96. The predicted molar refractivity (Wildman–Crippen MR) is 84.1 cm³/mol. The van der Waals surface area contributed by atoms with Crippen LogP contribution in [0.25, 0.3) is 10.9 Å². The molecule has 1 spiro atoms. The molecule has 1 saturated carbocycles. The van der Waals surface area contributed by atoms with Crippen molar-refractivity contribution in [2.24, 2.45) is 11.3 Å². The number of carboxylic acids is 1. The predicted octanol–water partition coefficient (Wildman–Crippen LogP) is 2.20. The fourth-order valence-electron chi connectivity index (χ4n) is 3.95. The van der Waals surface area contributed by atoms with Gasteiger partial charge in [-0.3, -0.25) is 14.7 Å². The Bertz CT molecular complexity index is 803. The van der Waals surface area contributed by atoms with Crippen LogP contribution in [0, 0.1) is 18.3 Å². The lowest BCUT2D eigenvalue weighted by Gasteiger charge is -2.32. The number of carbonyl (C=O) groups excluding carboxylic acids is 1. The highest BCUT2D eigenvalue weighted by Crippen LogP contribution is 2.59. The van der Waals surface area contributed by atoms with Gasteiger partial charge in [-0.1, -0.05) is 0 Å². The third-order valence-corrected chi connectivity index (χ3v) is 5.46. The van der Waals surface area contributed by atoms with Gasteiger partial charge in [0.1, 0.15) is 0 Å². The van der Waals surface area contributed by atoms with Crippen LogP contribution in [0.4, 0.5) is 0 Å². The van der Waals surface area contributed by atoms with Crippen LogP contribution in [0.3, 0.4) is 0 Å². The minimum absolute atomic E-state index is 0.00493. The third-order valence-electron chi connectivity index (χ3n) is 5.46. The monoisotopic (exact) mass is 313 g/mol. The van der Waals surface area contributed by atoms with Crippen LogP contribution in [0.2, 0.25) is 0 Å². The van der Waals surface area contributed by atoms with Crippen LogP contribution < -0.4 is 0 Å². The fraction of sp³-hybridized carbons (Fsp3) is 0.471. The number of nitrogens with one attached hydrogen (secondary N) is 1. The number of piperidine rings is 1. The lowest BCUT2D eigenvalue weighted by molar-refractivity contribution is -0.139. The number of aryl methyl sites for hydroxylation is 1. The second-order valence-corrected chi connectivity index (χ2v) is 6.90. The molecule has 2 aromatic rings. The van der Waals surface area contributed by atoms with Crippen LogP contribution in [0.5, 0.6) is 0 Å².